The lowest BCUT2D eigenvalue weighted by atomic mass is 9.81. The molecule has 0 saturated heterocycles. The molecular formula is C12H24Si. The first-order chi connectivity index (χ1) is 5.89. The molecule has 0 aromatic heterocycles. The van der Waals surface area contributed by atoms with Gasteiger partial charge in [0.15, 0.2) is 0 Å². The predicted octanol–water partition coefficient (Wildman–Crippen LogP) is 4.08. The summed E-state index contributed by atoms with van der Waals surface area (Å²) in [4.78, 5) is 0. The van der Waals surface area contributed by atoms with Crippen LogP contribution in [0.25, 0.3) is 0 Å². The van der Waals surface area contributed by atoms with Crippen LogP contribution in [0, 0.1) is 16.9 Å². The van der Waals surface area contributed by atoms with Crippen LogP contribution in [0.3, 0.4) is 0 Å². The van der Waals surface area contributed by atoms with E-state index < -0.39 is 8.07 Å². The highest BCUT2D eigenvalue weighted by Crippen LogP contribution is 2.29. The lowest BCUT2D eigenvalue weighted by molar-refractivity contribution is 0.358. The molecule has 0 heterocycles. The van der Waals surface area contributed by atoms with Crippen molar-refractivity contribution in [2.45, 2.75) is 59.7 Å². The van der Waals surface area contributed by atoms with E-state index in [1.807, 2.05) is 0 Å². The quantitative estimate of drug-likeness (QED) is 0.471. The van der Waals surface area contributed by atoms with Gasteiger partial charge in [-0.1, -0.05) is 40.4 Å². The van der Waals surface area contributed by atoms with E-state index in [9.17, 15) is 0 Å². The van der Waals surface area contributed by atoms with Crippen molar-refractivity contribution < 1.29 is 0 Å². The van der Waals surface area contributed by atoms with Gasteiger partial charge >= 0.3 is 0 Å². The maximum Gasteiger partial charge on any atom is 0.129 e. The second-order valence-corrected chi connectivity index (χ2v) is 9.59. The molecule has 0 nitrogen and oxygen atoms in total. The topological polar surface area (TPSA) is 0 Å². The molecule has 0 spiro atoms. The van der Waals surface area contributed by atoms with Crippen molar-refractivity contribution in [2.75, 3.05) is 0 Å². The van der Waals surface area contributed by atoms with Gasteiger partial charge in [0.1, 0.15) is 8.07 Å². The summed E-state index contributed by atoms with van der Waals surface area (Å²) in [6.07, 6.45) is 3.58. The van der Waals surface area contributed by atoms with Gasteiger partial charge < -0.3 is 0 Å². The molecule has 0 aromatic carbocycles. The lowest BCUT2D eigenvalue weighted by Crippen LogP contribution is -2.20. The molecule has 0 bridgehead atoms. The van der Waals surface area contributed by atoms with E-state index in [1.54, 1.807) is 0 Å². The van der Waals surface area contributed by atoms with Crippen LogP contribution in [0.5, 0.6) is 0 Å². The molecule has 0 unspecified atom stereocenters. The van der Waals surface area contributed by atoms with Crippen LogP contribution in [-0.4, -0.2) is 8.07 Å². The fourth-order valence-electron chi connectivity index (χ4n) is 1.34. The van der Waals surface area contributed by atoms with Gasteiger partial charge in [-0.3, -0.25) is 0 Å². The standard InChI is InChI=1S/C12H24Si/c1-7-12(8-2,9-3)10-11-13(4,5)6/h7-9H2,1-6H3. The molecule has 0 saturated carbocycles. The Morgan fingerprint density at radius 3 is 1.54 bits per heavy atom. The normalized spacial score (nSPS) is 12.2. The number of rotatable bonds is 3. The van der Waals surface area contributed by atoms with E-state index in [0.29, 0.717) is 5.41 Å². The molecule has 0 radical (unpaired) electrons. The predicted molar refractivity (Wildman–Crippen MR) is 64.4 cm³/mol. The summed E-state index contributed by atoms with van der Waals surface area (Å²) in [5, 5.41) is 0. The molecule has 76 valence electrons. The molecule has 0 fully saturated rings. The van der Waals surface area contributed by atoms with Crippen LogP contribution in [0.15, 0.2) is 0 Å². The average molecular weight is 196 g/mol. The molecule has 0 N–H and O–H groups in total. The summed E-state index contributed by atoms with van der Waals surface area (Å²) < 4.78 is 0. The van der Waals surface area contributed by atoms with Crippen molar-refractivity contribution in [3.63, 3.8) is 0 Å². The molecular weight excluding hydrogens is 172 g/mol. The van der Waals surface area contributed by atoms with Crippen LogP contribution in [0.1, 0.15) is 40.0 Å². The molecule has 0 aliphatic heterocycles. The van der Waals surface area contributed by atoms with E-state index in [-0.39, 0.29) is 0 Å². The summed E-state index contributed by atoms with van der Waals surface area (Å²) in [6.45, 7) is 13.7. The molecule has 1 heteroatoms. The molecule has 0 aliphatic carbocycles. The van der Waals surface area contributed by atoms with Crippen molar-refractivity contribution in [1.82, 2.24) is 0 Å². The van der Waals surface area contributed by atoms with Gasteiger partial charge in [-0.15, -0.1) is 11.5 Å². The molecule has 0 amide bonds. The average Bonchev–Trinajstić information content (AvgIpc) is 2.06. The molecule has 0 atom stereocenters. The Bertz CT molecular complexity index is 187. The Kier molecular flexibility index (Phi) is 4.78. The maximum absolute atomic E-state index is 3.53. The summed E-state index contributed by atoms with van der Waals surface area (Å²) >= 11 is 0. The third-order valence-electron chi connectivity index (χ3n) is 2.73. The number of hydrogen-bond donors (Lipinski definition) is 0. The Labute approximate surface area is 85.1 Å². The van der Waals surface area contributed by atoms with Crippen molar-refractivity contribution in [3.8, 4) is 11.5 Å². The van der Waals surface area contributed by atoms with Gasteiger partial charge in [-0.25, -0.2) is 0 Å². The van der Waals surface area contributed by atoms with E-state index in [4.69, 9.17) is 0 Å². The smallest absolute Gasteiger partial charge is 0.129 e. The highest BCUT2D eigenvalue weighted by molar-refractivity contribution is 6.83. The van der Waals surface area contributed by atoms with Gasteiger partial charge in [-0.05, 0) is 19.3 Å². The summed E-state index contributed by atoms with van der Waals surface area (Å²) in [7, 11) is -1.18. The fourth-order valence-corrected chi connectivity index (χ4v) is 1.98. The van der Waals surface area contributed by atoms with Crippen LogP contribution >= 0.6 is 0 Å². The third-order valence-corrected chi connectivity index (χ3v) is 3.61. The summed E-state index contributed by atoms with van der Waals surface area (Å²) in [6, 6.07) is 0. The third kappa shape index (κ3) is 4.52. The minimum Gasteiger partial charge on any atom is -0.131 e. The zero-order chi connectivity index (χ0) is 10.5. The first kappa shape index (κ1) is 12.8. The lowest BCUT2D eigenvalue weighted by Gasteiger charge is -2.24. The Morgan fingerprint density at radius 1 is 0.923 bits per heavy atom. The fraction of sp³-hybridized carbons (Fsp3) is 0.833. The second-order valence-electron chi connectivity index (χ2n) is 4.84. The zero-order valence-corrected chi connectivity index (χ0v) is 11.1. The van der Waals surface area contributed by atoms with Crippen molar-refractivity contribution in [2.24, 2.45) is 5.41 Å². The van der Waals surface area contributed by atoms with Crippen LogP contribution in [0.4, 0.5) is 0 Å². The highest BCUT2D eigenvalue weighted by Gasteiger charge is 2.21. The first-order valence-electron chi connectivity index (χ1n) is 5.43. The second kappa shape index (κ2) is 4.86. The molecule has 13 heavy (non-hydrogen) atoms. The molecule has 0 aromatic rings. The Balaban J connectivity index is 4.66. The van der Waals surface area contributed by atoms with Gasteiger partial charge in [0.25, 0.3) is 0 Å². The largest absolute Gasteiger partial charge is 0.131 e. The van der Waals surface area contributed by atoms with Crippen LogP contribution in [0.2, 0.25) is 19.6 Å². The van der Waals surface area contributed by atoms with E-state index in [1.165, 1.54) is 19.3 Å². The molecule has 0 rings (SSSR count). The van der Waals surface area contributed by atoms with Crippen molar-refractivity contribution in [3.05, 3.63) is 0 Å². The van der Waals surface area contributed by atoms with Crippen molar-refractivity contribution >= 4 is 8.07 Å². The first-order valence-corrected chi connectivity index (χ1v) is 8.93. The van der Waals surface area contributed by atoms with E-state index >= 15 is 0 Å². The van der Waals surface area contributed by atoms with Gasteiger partial charge in [0.05, 0.1) is 0 Å². The molecule has 0 aliphatic rings. The highest BCUT2D eigenvalue weighted by atomic mass is 28.3. The summed E-state index contributed by atoms with van der Waals surface area (Å²) in [5.41, 5.74) is 3.81. The van der Waals surface area contributed by atoms with Crippen LogP contribution < -0.4 is 0 Å². The monoisotopic (exact) mass is 196 g/mol. The van der Waals surface area contributed by atoms with Gasteiger partial charge in [0, 0.05) is 5.41 Å². The van der Waals surface area contributed by atoms with Gasteiger partial charge in [-0.2, -0.15) is 0 Å². The minimum absolute atomic E-state index is 0.306. The maximum atomic E-state index is 3.53. The van der Waals surface area contributed by atoms with Gasteiger partial charge in [0.2, 0.25) is 0 Å². The van der Waals surface area contributed by atoms with E-state index in [0.717, 1.165) is 0 Å². The SMILES string of the molecule is CCC(C#C[Si](C)(C)C)(CC)CC. The van der Waals surface area contributed by atoms with E-state index in [2.05, 4.69) is 51.9 Å². The van der Waals surface area contributed by atoms with Crippen molar-refractivity contribution in [1.29, 1.82) is 0 Å². The van der Waals surface area contributed by atoms with Crippen LogP contribution in [-0.2, 0) is 0 Å². The Hall–Kier alpha value is -0.223. The zero-order valence-electron chi connectivity index (χ0n) is 10.1. The summed E-state index contributed by atoms with van der Waals surface area (Å²) in [5.74, 6) is 3.53. The number of hydrogen-bond acceptors (Lipinski definition) is 0. The minimum atomic E-state index is -1.18. The Morgan fingerprint density at radius 2 is 1.31 bits per heavy atom.